The molecule has 4 aromatic carbocycles. The summed E-state index contributed by atoms with van der Waals surface area (Å²) in [6, 6.07) is 15.4. The number of nitrogens with one attached hydrogen (secondary N) is 2. The Bertz CT molecular complexity index is 2340. The number of halogens is 2. The van der Waals surface area contributed by atoms with E-state index in [-0.39, 0.29) is 68.3 Å². The SMILES string of the molecule is COC(=O)Cc1ccc(Oc2ccc3[nH]c(C)nc3c2[N+](=O)[O-])c(Cl)c1.Cc1nc2c([N+](=O)[O-])c(Oc3ccc(CC(=O)O)cc3Cl)ccc2[nH]1. The largest absolute Gasteiger partial charge is 0.481 e. The fourth-order valence-corrected chi connectivity index (χ4v) is 5.46. The Balaban J connectivity index is 0.000000198. The summed E-state index contributed by atoms with van der Waals surface area (Å²) in [4.78, 5) is 58.1. The Morgan fingerprint density at radius 1 is 0.725 bits per heavy atom. The molecule has 0 spiro atoms. The number of benzene rings is 4. The van der Waals surface area contributed by atoms with E-state index in [4.69, 9.17) is 37.8 Å². The Morgan fingerprint density at radius 3 is 1.51 bits per heavy atom. The number of carboxylic acids is 1. The molecule has 18 heteroatoms. The molecule has 0 aliphatic rings. The molecular formula is C33H26Cl2N6O10. The molecule has 0 aliphatic heterocycles. The molecule has 0 bridgehead atoms. The molecule has 2 aromatic heterocycles. The van der Waals surface area contributed by atoms with E-state index in [2.05, 4.69) is 24.7 Å². The lowest BCUT2D eigenvalue weighted by Gasteiger charge is -2.09. The highest BCUT2D eigenvalue weighted by Gasteiger charge is 2.25. The zero-order valence-electron chi connectivity index (χ0n) is 26.9. The van der Waals surface area contributed by atoms with Gasteiger partial charge in [0.1, 0.15) is 23.1 Å². The Kier molecular flexibility index (Phi) is 10.7. The highest BCUT2D eigenvalue weighted by molar-refractivity contribution is 6.32. The summed E-state index contributed by atoms with van der Waals surface area (Å²) in [6.07, 6.45) is -0.117. The van der Waals surface area contributed by atoms with Crippen molar-refractivity contribution in [3.8, 4) is 23.0 Å². The van der Waals surface area contributed by atoms with Crippen molar-refractivity contribution in [2.24, 2.45) is 0 Å². The number of methoxy groups -OCH3 is 1. The average Bonchev–Trinajstić information content (AvgIpc) is 3.63. The second-order valence-corrected chi connectivity index (χ2v) is 11.6. The number of aliphatic carboxylic acids is 1. The minimum absolute atomic E-state index is 0.00288. The number of rotatable bonds is 10. The van der Waals surface area contributed by atoms with Gasteiger partial charge in [-0.15, -0.1) is 0 Å². The number of nitrogens with zero attached hydrogens (tertiary/aromatic N) is 4. The predicted octanol–water partition coefficient (Wildman–Crippen LogP) is 7.79. The third kappa shape index (κ3) is 8.31. The van der Waals surface area contributed by atoms with Gasteiger partial charge >= 0.3 is 23.3 Å². The van der Waals surface area contributed by atoms with Gasteiger partial charge in [0.05, 0.1) is 50.9 Å². The van der Waals surface area contributed by atoms with Crippen LogP contribution in [0.25, 0.3) is 22.1 Å². The van der Waals surface area contributed by atoms with Crippen LogP contribution in [0.1, 0.15) is 22.8 Å². The van der Waals surface area contributed by atoms with Gasteiger partial charge < -0.3 is 29.3 Å². The number of carbonyl (C=O) groups excluding carboxylic acids is 1. The number of aryl methyl sites for hydroxylation is 2. The number of nitro groups is 2. The Morgan fingerprint density at radius 2 is 1.14 bits per heavy atom. The van der Waals surface area contributed by atoms with E-state index in [1.54, 1.807) is 50.2 Å². The molecule has 6 aromatic rings. The lowest BCUT2D eigenvalue weighted by Crippen LogP contribution is -2.04. The molecule has 6 rings (SSSR count). The fraction of sp³-hybridized carbons (Fsp3) is 0.152. The molecular weight excluding hydrogens is 711 g/mol. The van der Waals surface area contributed by atoms with Crippen molar-refractivity contribution in [3.05, 3.63) is 114 Å². The zero-order chi connectivity index (χ0) is 37.0. The van der Waals surface area contributed by atoms with Gasteiger partial charge in [0.15, 0.2) is 11.0 Å². The molecule has 0 atom stereocenters. The first kappa shape index (κ1) is 36.0. The zero-order valence-corrected chi connectivity index (χ0v) is 28.4. The number of nitro benzene ring substituents is 2. The van der Waals surface area contributed by atoms with Crippen LogP contribution in [0.3, 0.4) is 0 Å². The molecule has 0 aliphatic carbocycles. The fourth-order valence-electron chi connectivity index (χ4n) is 4.97. The molecule has 0 saturated heterocycles. The van der Waals surface area contributed by atoms with Gasteiger partial charge in [0.25, 0.3) is 0 Å². The highest BCUT2D eigenvalue weighted by Crippen LogP contribution is 2.40. The number of hydrogen-bond acceptors (Lipinski definition) is 11. The molecule has 51 heavy (non-hydrogen) atoms. The minimum atomic E-state index is -0.986. The van der Waals surface area contributed by atoms with E-state index < -0.39 is 21.8 Å². The van der Waals surface area contributed by atoms with Gasteiger partial charge in [-0.25, -0.2) is 9.97 Å². The highest BCUT2D eigenvalue weighted by atomic mass is 35.5. The average molecular weight is 738 g/mol. The van der Waals surface area contributed by atoms with Crippen LogP contribution in [-0.4, -0.2) is 53.9 Å². The van der Waals surface area contributed by atoms with Crippen LogP contribution in [0.2, 0.25) is 10.0 Å². The molecule has 0 saturated carbocycles. The molecule has 262 valence electrons. The standard InChI is InChI=1S/C17H14ClN3O5.C16H12ClN3O5/c1-9-19-12-4-6-14(17(21(23)24)16(12)20-9)26-13-5-3-10(7-11(13)18)8-15(22)25-2;1-8-18-11-3-5-13(16(20(23)24)15(11)19-8)25-12-4-2-9(6-10(12)17)7-14(21)22/h3-7H,8H2,1-2H3,(H,19,20);2-6H,7H2,1H3,(H,18,19)(H,21,22). The number of ether oxygens (including phenoxy) is 3. The minimum Gasteiger partial charge on any atom is -0.481 e. The van der Waals surface area contributed by atoms with Crippen LogP contribution >= 0.6 is 23.2 Å². The van der Waals surface area contributed by atoms with Crippen molar-refractivity contribution >= 4 is 68.6 Å². The number of carboxylic acid groups (broad SMARTS) is 1. The molecule has 0 radical (unpaired) electrons. The normalized spacial score (nSPS) is 10.8. The van der Waals surface area contributed by atoms with Crippen molar-refractivity contribution in [3.63, 3.8) is 0 Å². The van der Waals surface area contributed by atoms with E-state index in [1.165, 1.54) is 31.4 Å². The first-order chi connectivity index (χ1) is 24.2. The Hall–Kier alpha value is -6.26. The van der Waals surface area contributed by atoms with Crippen LogP contribution < -0.4 is 9.47 Å². The summed E-state index contributed by atoms with van der Waals surface area (Å²) < 4.78 is 15.9. The number of carbonyl (C=O) groups is 2. The number of hydrogen-bond donors (Lipinski definition) is 3. The monoisotopic (exact) mass is 736 g/mol. The van der Waals surface area contributed by atoms with Gasteiger partial charge in [0, 0.05) is 0 Å². The van der Waals surface area contributed by atoms with Crippen LogP contribution in [0, 0.1) is 34.1 Å². The molecule has 2 heterocycles. The van der Waals surface area contributed by atoms with Crippen LogP contribution in [-0.2, 0) is 27.2 Å². The number of aromatic amines is 2. The van der Waals surface area contributed by atoms with Gasteiger partial charge in [-0.05, 0) is 73.5 Å². The summed E-state index contributed by atoms with van der Waals surface area (Å²) in [6.45, 7) is 3.41. The second-order valence-electron chi connectivity index (χ2n) is 10.8. The van der Waals surface area contributed by atoms with Crippen molar-refractivity contribution in [2.75, 3.05) is 7.11 Å². The molecule has 0 amide bonds. The van der Waals surface area contributed by atoms with Crippen molar-refractivity contribution in [1.29, 1.82) is 0 Å². The maximum atomic E-state index is 11.5. The molecule has 3 N–H and O–H groups in total. The van der Waals surface area contributed by atoms with Crippen LogP contribution in [0.5, 0.6) is 23.0 Å². The van der Waals surface area contributed by atoms with E-state index in [0.717, 1.165) is 0 Å². The number of aromatic nitrogens is 4. The third-order valence-corrected chi connectivity index (χ3v) is 7.74. The summed E-state index contributed by atoms with van der Waals surface area (Å²) in [5.41, 5.74) is 2.09. The maximum Gasteiger partial charge on any atom is 0.339 e. The van der Waals surface area contributed by atoms with Gasteiger partial charge in [-0.1, -0.05) is 35.3 Å². The number of fused-ring (bicyclic) bond motifs is 2. The number of H-pyrrole nitrogens is 2. The quantitative estimate of drug-likeness (QED) is 0.0695. The summed E-state index contributed by atoms with van der Waals surface area (Å²) in [5.74, 6) is 0.162. The van der Waals surface area contributed by atoms with Crippen molar-refractivity contribution in [1.82, 2.24) is 19.9 Å². The van der Waals surface area contributed by atoms with E-state index >= 15 is 0 Å². The topological polar surface area (TPSA) is 226 Å². The molecule has 16 nitrogen and oxygen atoms in total. The molecule has 0 unspecified atom stereocenters. The second kappa shape index (κ2) is 15.1. The summed E-state index contributed by atoms with van der Waals surface area (Å²) in [5, 5.41) is 32.2. The van der Waals surface area contributed by atoms with Crippen molar-refractivity contribution < 1.29 is 38.8 Å². The van der Waals surface area contributed by atoms with Crippen LogP contribution in [0.15, 0.2) is 60.7 Å². The third-order valence-electron chi connectivity index (χ3n) is 7.15. The van der Waals surface area contributed by atoms with E-state index in [1.807, 2.05) is 0 Å². The van der Waals surface area contributed by atoms with E-state index in [9.17, 15) is 29.8 Å². The van der Waals surface area contributed by atoms with Crippen LogP contribution in [0.4, 0.5) is 11.4 Å². The first-order valence-electron chi connectivity index (χ1n) is 14.7. The predicted molar refractivity (Wildman–Crippen MR) is 185 cm³/mol. The van der Waals surface area contributed by atoms with Crippen molar-refractivity contribution in [2.45, 2.75) is 26.7 Å². The lowest BCUT2D eigenvalue weighted by molar-refractivity contribution is -0.384. The lowest BCUT2D eigenvalue weighted by atomic mass is 10.1. The van der Waals surface area contributed by atoms with E-state index in [0.29, 0.717) is 33.8 Å². The summed E-state index contributed by atoms with van der Waals surface area (Å²) >= 11 is 12.3. The summed E-state index contributed by atoms with van der Waals surface area (Å²) in [7, 11) is 1.30. The Labute approximate surface area is 297 Å². The van der Waals surface area contributed by atoms with Gasteiger partial charge in [0.2, 0.25) is 11.5 Å². The van der Waals surface area contributed by atoms with Gasteiger partial charge in [-0.3, -0.25) is 29.8 Å². The van der Waals surface area contributed by atoms with Gasteiger partial charge in [-0.2, -0.15) is 0 Å². The first-order valence-corrected chi connectivity index (χ1v) is 15.5. The number of esters is 1. The molecule has 0 fully saturated rings. The smallest absolute Gasteiger partial charge is 0.339 e. The maximum absolute atomic E-state index is 11.5. The number of imidazole rings is 2.